The van der Waals surface area contributed by atoms with Gasteiger partial charge < -0.3 is 15.5 Å². The highest BCUT2D eigenvalue weighted by Gasteiger charge is 2.53. The van der Waals surface area contributed by atoms with E-state index in [0.29, 0.717) is 32.4 Å². The summed E-state index contributed by atoms with van der Waals surface area (Å²) in [6.07, 6.45) is 5.94. The van der Waals surface area contributed by atoms with Crippen molar-refractivity contribution in [1.29, 1.82) is 0 Å². The van der Waals surface area contributed by atoms with Crippen molar-refractivity contribution in [3.63, 3.8) is 0 Å². The van der Waals surface area contributed by atoms with Crippen LogP contribution in [-0.2, 0) is 24.0 Å². The van der Waals surface area contributed by atoms with Crippen LogP contribution in [-0.4, -0.2) is 76.8 Å². The van der Waals surface area contributed by atoms with E-state index >= 15 is 0 Å². The molecule has 6 atom stereocenters. The average Bonchev–Trinajstić information content (AvgIpc) is 3.55. The van der Waals surface area contributed by atoms with Gasteiger partial charge in [-0.3, -0.25) is 29.4 Å². The Bertz CT molecular complexity index is 990. The summed E-state index contributed by atoms with van der Waals surface area (Å²) < 4.78 is 13.9. The zero-order chi connectivity index (χ0) is 28.5. The van der Waals surface area contributed by atoms with Crippen LogP contribution in [0.4, 0.5) is 4.39 Å². The second kappa shape index (κ2) is 12.0. The molecule has 0 bridgehead atoms. The summed E-state index contributed by atoms with van der Waals surface area (Å²) in [4.78, 5) is 67.1. The fourth-order valence-corrected chi connectivity index (χ4v) is 6.29. The van der Waals surface area contributed by atoms with E-state index in [9.17, 15) is 28.4 Å². The molecule has 2 saturated carbocycles. The Kier molecular flexibility index (Phi) is 9.08. The molecule has 218 valence electrons. The molecule has 0 radical (unpaired) electrons. The molecule has 0 spiro atoms. The lowest BCUT2D eigenvalue weighted by Gasteiger charge is -2.38. The molecule has 2 unspecified atom stereocenters. The molecule has 0 aromatic carbocycles. The zero-order valence-corrected chi connectivity index (χ0v) is 23.8. The minimum Gasteiger partial charge on any atom is -0.356 e. The monoisotopic (exact) mass is 569 g/mol. The lowest BCUT2D eigenvalue weighted by molar-refractivity contribution is -0.151. The number of hydrazine groups is 1. The van der Waals surface area contributed by atoms with Crippen LogP contribution < -0.4 is 16.1 Å². The van der Waals surface area contributed by atoms with Gasteiger partial charge in [-0.15, -0.1) is 0 Å². The molecular weight excluding hydrogens is 529 g/mol. The molecule has 39 heavy (non-hydrogen) atoms. The number of hydrogen-bond donors (Lipinski definition) is 3. The number of halogens is 2. The zero-order valence-electron chi connectivity index (χ0n) is 23.0. The summed E-state index contributed by atoms with van der Waals surface area (Å²) in [5.41, 5.74) is -0.432. The molecule has 5 amide bonds. The largest absolute Gasteiger partial charge is 0.356 e. The Balaban J connectivity index is 1.57. The Morgan fingerprint density at radius 1 is 1.13 bits per heavy atom. The Morgan fingerprint density at radius 3 is 2.46 bits per heavy atom. The first-order chi connectivity index (χ1) is 18.4. The van der Waals surface area contributed by atoms with Crippen molar-refractivity contribution < 1.29 is 28.4 Å². The molecule has 0 aromatic heterocycles. The minimum atomic E-state index is -2.40. The molecule has 10 nitrogen and oxygen atoms in total. The standard InChI is InChI=1S/C27H41ClFN5O5/c1-4-27(2,3)20(31-23(36)15-10-11-15)25(38)33-13-16-7-5-9-18(16)19(33)24(37)32-34(26(39)21(28)29)14-17-8-6-12-30-22(17)35/h15-21H,4-14H2,1-3H3,(H,30,35)(H,31,36)(H,32,37)/t16-,17-,18-,19-,20?,21?/m0/s1. The van der Waals surface area contributed by atoms with Gasteiger partial charge in [0.05, 0.1) is 12.5 Å². The van der Waals surface area contributed by atoms with Gasteiger partial charge in [0.25, 0.3) is 17.4 Å². The van der Waals surface area contributed by atoms with E-state index in [2.05, 4.69) is 16.1 Å². The van der Waals surface area contributed by atoms with Gasteiger partial charge >= 0.3 is 0 Å². The number of rotatable bonds is 9. The molecule has 4 fully saturated rings. The van der Waals surface area contributed by atoms with Crippen molar-refractivity contribution in [3.05, 3.63) is 0 Å². The Morgan fingerprint density at radius 2 is 1.85 bits per heavy atom. The summed E-state index contributed by atoms with van der Waals surface area (Å²) >= 11 is 5.46. The van der Waals surface area contributed by atoms with Crippen molar-refractivity contribution in [2.24, 2.45) is 29.1 Å². The van der Waals surface area contributed by atoms with Crippen LogP contribution in [0.3, 0.4) is 0 Å². The van der Waals surface area contributed by atoms with E-state index in [1.807, 2.05) is 20.8 Å². The molecule has 12 heteroatoms. The van der Waals surface area contributed by atoms with E-state index in [-0.39, 0.29) is 42.0 Å². The highest BCUT2D eigenvalue weighted by atomic mass is 35.5. The number of fused-ring (bicyclic) bond motifs is 1. The second-order valence-corrected chi connectivity index (χ2v) is 12.6. The normalized spacial score (nSPS) is 28.2. The number of nitrogens with one attached hydrogen (secondary N) is 3. The van der Waals surface area contributed by atoms with Crippen molar-refractivity contribution >= 4 is 41.1 Å². The number of piperidine rings is 1. The predicted octanol–water partition coefficient (Wildman–Crippen LogP) is 1.86. The van der Waals surface area contributed by atoms with Crippen LogP contribution in [0.2, 0.25) is 0 Å². The molecule has 2 heterocycles. The summed E-state index contributed by atoms with van der Waals surface area (Å²) in [5, 5.41) is 6.48. The highest BCUT2D eigenvalue weighted by molar-refractivity contribution is 6.29. The molecule has 2 aliphatic carbocycles. The fraction of sp³-hybridized carbons (Fsp3) is 0.815. The van der Waals surface area contributed by atoms with Crippen LogP contribution in [0, 0.1) is 29.1 Å². The van der Waals surface area contributed by atoms with Gasteiger partial charge in [-0.25, -0.2) is 9.40 Å². The van der Waals surface area contributed by atoms with Crippen LogP contribution in [0.15, 0.2) is 0 Å². The van der Waals surface area contributed by atoms with Gasteiger partial charge in [0.15, 0.2) is 0 Å². The highest BCUT2D eigenvalue weighted by Crippen LogP contribution is 2.43. The van der Waals surface area contributed by atoms with Gasteiger partial charge in [-0.2, -0.15) is 0 Å². The number of likely N-dealkylation sites (tertiary alicyclic amines) is 1. The molecular formula is C27H41ClFN5O5. The Hall–Kier alpha value is -2.43. The smallest absolute Gasteiger partial charge is 0.291 e. The third-order valence-electron chi connectivity index (χ3n) is 9.12. The number of carbonyl (C=O) groups is 5. The van der Waals surface area contributed by atoms with E-state index in [1.54, 1.807) is 4.90 Å². The Labute approximate surface area is 234 Å². The van der Waals surface area contributed by atoms with Gasteiger partial charge in [0.1, 0.15) is 12.1 Å². The maximum absolute atomic E-state index is 14.1. The van der Waals surface area contributed by atoms with Crippen molar-refractivity contribution in [2.75, 3.05) is 19.6 Å². The van der Waals surface area contributed by atoms with Gasteiger partial charge in [-0.1, -0.05) is 38.8 Å². The average molecular weight is 570 g/mol. The molecule has 2 saturated heterocycles. The molecule has 4 aliphatic rings. The first kappa shape index (κ1) is 29.6. The van der Waals surface area contributed by atoms with E-state index in [0.717, 1.165) is 37.1 Å². The lowest BCUT2D eigenvalue weighted by atomic mass is 9.80. The van der Waals surface area contributed by atoms with Gasteiger partial charge in [0.2, 0.25) is 17.7 Å². The van der Waals surface area contributed by atoms with Gasteiger partial charge in [-0.05, 0) is 62.2 Å². The number of carbonyl (C=O) groups excluding carboxylic acids is 5. The van der Waals surface area contributed by atoms with Crippen molar-refractivity contribution in [2.45, 2.75) is 89.9 Å². The van der Waals surface area contributed by atoms with Crippen LogP contribution in [0.5, 0.6) is 0 Å². The first-order valence-corrected chi connectivity index (χ1v) is 14.7. The van der Waals surface area contributed by atoms with Crippen molar-refractivity contribution in [3.8, 4) is 0 Å². The van der Waals surface area contributed by atoms with E-state index in [1.165, 1.54) is 0 Å². The number of hydrogen-bond acceptors (Lipinski definition) is 5. The van der Waals surface area contributed by atoms with E-state index in [4.69, 9.17) is 11.6 Å². The van der Waals surface area contributed by atoms with E-state index < -0.39 is 40.9 Å². The lowest BCUT2D eigenvalue weighted by Crippen LogP contribution is -2.61. The fourth-order valence-electron chi connectivity index (χ4n) is 6.17. The molecule has 4 rings (SSSR count). The minimum absolute atomic E-state index is 0.0780. The molecule has 3 N–H and O–H groups in total. The first-order valence-electron chi connectivity index (χ1n) is 14.2. The topological polar surface area (TPSA) is 128 Å². The third-order valence-corrected chi connectivity index (χ3v) is 9.30. The number of amides is 5. The predicted molar refractivity (Wildman–Crippen MR) is 141 cm³/mol. The summed E-state index contributed by atoms with van der Waals surface area (Å²) in [6.45, 7) is 6.47. The van der Waals surface area contributed by atoms with Gasteiger partial charge in [0, 0.05) is 19.0 Å². The quantitative estimate of drug-likeness (QED) is 0.288. The number of alkyl halides is 2. The van der Waals surface area contributed by atoms with Crippen LogP contribution in [0.25, 0.3) is 0 Å². The second-order valence-electron chi connectivity index (χ2n) is 12.2. The van der Waals surface area contributed by atoms with Crippen LogP contribution in [0.1, 0.15) is 72.1 Å². The maximum Gasteiger partial charge on any atom is 0.291 e. The molecule has 2 aliphatic heterocycles. The third kappa shape index (κ3) is 6.49. The van der Waals surface area contributed by atoms with Crippen LogP contribution >= 0.6 is 11.6 Å². The summed E-state index contributed by atoms with van der Waals surface area (Å²) in [6, 6.07) is -1.70. The summed E-state index contributed by atoms with van der Waals surface area (Å²) in [5.74, 6) is -3.22. The molecule has 0 aromatic rings. The SMILES string of the molecule is CCC(C)(C)C(NC(=O)C1CC1)C(=O)N1C[C@@H]2CCC[C@@H]2[C@H]1C(=O)NN(C[C@@H]1CCCNC1=O)C(=O)C(F)Cl. The number of nitrogens with zero attached hydrogens (tertiary/aromatic N) is 2. The summed E-state index contributed by atoms with van der Waals surface area (Å²) in [7, 11) is 0. The van der Waals surface area contributed by atoms with Crippen molar-refractivity contribution in [1.82, 2.24) is 26.0 Å². The maximum atomic E-state index is 14.1.